The Kier molecular flexibility index (Phi) is 6.60. The zero-order valence-electron chi connectivity index (χ0n) is 18.9. The van der Waals surface area contributed by atoms with E-state index in [0.717, 1.165) is 49.9 Å². The number of nitrogens with zero attached hydrogens (tertiary/aromatic N) is 2. The number of likely N-dealkylation sites (tertiary alicyclic amines) is 1. The van der Waals surface area contributed by atoms with Crippen LogP contribution in [-0.2, 0) is 22.8 Å². The Hall–Kier alpha value is -3.07. The minimum absolute atomic E-state index is 0.00111. The number of nitrogens with two attached hydrogens (primary N) is 1. The van der Waals surface area contributed by atoms with Crippen LogP contribution in [0.5, 0.6) is 5.75 Å². The number of benzene rings is 2. The minimum Gasteiger partial charge on any atom is -0.490 e. The van der Waals surface area contributed by atoms with Gasteiger partial charge in [0.05, 0.1) is 15.6 Å². The standard InChI is InChI=1S/C24H31N5O3S/c1-2-23(25)28-13-10-20(11-14-28)32-19-4-7-21(8-5-19)33(30,31)22-6-3-17-9-12-29(24(26)27)16-18(17)15-22/h3-8,15,20,25H,2,9-14,16H2,1H3,(H3,26,27). The van der Waals surface area contributed by atoms with Crippen LogP contribution in [0.3, 0.4) is 0 Å². The van der Waals surface area contributed by atoms with E-state index in [1.54, 1.807) is 41.3 Å². The Balaban J connectivity index is 1.44. The normalized spacial score (nSPS) is 16.9. The molecule has 2 heterocycles. The molecular formula is C24H31N5O3S. The third kappa shape index (κ3) is 4.98. The quantitative estimate of drug-likeness (QED) is 0.457. The lowest BCUT2D eigenvalue weighted by Crippen LogP contribution is -2.41. The van der Waals surface area contributed by atoms with Crippen molar-refractivity contribution in [3.05, 3.63) is 53.6 Å². The molecule has 1 saturated heterocycles. The predicted octanol–water partition coefficient (Wildman–Crippen LogP) is 3.00. The Labute approximate surface area is 195 Å². The molecule has 0 aliphatic carbocycles. The van der Waals surface area contributed by atoms with Gasteiger partial charge in [0.25, 0.3) is 0 Å². The molecule has 0 atom stereocenters. The maximum Gasteiger partial charge on any atom is 0.206 e. The van der Waals surface area contributed by atoms with Crippen LogP contribution in [0.15, 0.2) is 52.3 Å². The van der Waals surface area contributed by atoms with Crippen LogP contribution in [0, 0.1) is 10.8 Å². The predicted molar refractivity (Wildman–Crippen MR) is 128 cm³/mol. The van der Waals surface area contributed by atoms with E-state index in [1.165, 1.54) is 0 Å². The first-order valence-electron chi connectivity index (χ1n) is 11.3. The van der Waals surface area contributed by atoms with Gasteiger partial charge in [-0.05, 0) is 53.9 Å². The number of hydrogen-bond donors (Lipinski definition) is 3. The smallest absolute Gasteiger partial charge is 0.206 e. The Morgan fingerprint density at radius 2 is 1.67 bits per heavy atom. The maximum absolute atomic E-state index is 13.2. The van der Waals surface area contributed by atoms with E-state index in [4.69, 9.17) is 21.3 Å². The fourth-order valence-corrected chi connectivity index (χ4v) is 5.71. The second-order valence-corrected chi connectivity index (χ2v) is 10.5. The van der Waals surface area contributed by atoms with Crippen molar-refractivity contribution >= 4 is 21.6 Å². The van der Waals surface area contributed by atoms with E-state index >= 15 is 0 Å². The lowest BCUT2D eigenvalue weighted by atomic mass is 10.0. The number of fused-ring (bicyclic) bond motifs is 1. The van der Waals surface area contributed by atoms with Crippen LogP contribution in [0.1, 0.15) is 37.3 Å². The van der Waals surface area contributed by atoms with E-state index in [0.29, 0.717) is 24.7 Å². The molecule has 0 unspecified atom stereocenters. The van der Waals surface area contributed by atoms with Gasteiger partial charge < -0.3 is 20.3 Å². The van der Waals surface area contributed by atoms with E-state index in [9.17, 15) is 8.42 Å². The molecule has 8 nitrogen and oxygen atoms in total. The topological polar surface area (TPSA) is 124 Å². The molecule has 0 amide bonds. The molecule has 4 rings (SSSR count). The van der Waals surface area contributed by atoms with E-state index in [-0.39, 0.29) is 21.9 Å². The summed E-state index contributed by atoms with van der Waals surface area (Å²) in [5.41, 5.74) is 7.60. The largest absolute Gasteiger partial charge is 0.490 e. The van der Waals surface area contributed by atoms with Crippen molar-refractivity contribution in [3.63, 3.8) is 0 Å². The number of hydrogen-bond acceptors (Lipinski definition) is 5. The lowest BCUT2D eigenvalue weighted by Gasteiger charge is -2.33. The molecule has 2 aliphatic rings. The highest BCUT2D eigenvalue weighted by Crippen LogP contribution is 2.28. The zero-order chi connectivity index (χ0) is 23.6. The summed E-state index contributed by atoms with van der Waals surface area (Å²) in [6, 6.07) is 11.8. The molecule has 9 heteroatoms. The van der Waals surface area contributed by atoms with Crippen LogP contribution < -0.4 is 10.5 Å². The highest BCUT2D eigenvalue weighted by atomic mass is 32.2. The van der Waals surface area contributed by atoms with Crippen LogP contribution in [0.4, 0.5) is 0 Å². The summed E-state index contributed by atoms with van der Waals surface area (Å²) >= 11 is 0. The SMILES string of the molecule is CCC(=N)N1CCC(Oc2ccc(S(=O)(=O)c3ccc4c(c3)CN(C(=N)N)CC4)cc2)CC1. The number of nitrogens with one attached hydrogen (secondary N) is 2. The molecule has 0 radical (unpaired) electrons. The van der Waals surface area contributed by atoms with Crippen LogP contribution in [0.25, 0.3) is 0 Å². The van der Waals surface area contributed by atoms with Gasteiger partial charge in [-0.1, -0.05) is 13.0 Å². The van der Waals surface area contributed by atoms with Crippen molar-refractivity contribution < 1.29 is 13.2 Å². The maximum atomic E-state index is 13.2. The van der Waals surface area contributed by atoms with Crippen molar-refractivity contribution in [2.45, 2.75) is 55.0 Å². The molecule has 0 spiro atoms. The molecule has 33 heavy (non-hydrogen) atoms. The second-order valence-electron chi connectivity index (χ2n) is 8.57. The molecule has 2 aromatic carbocycles. The Bertz CT molecular complexity index is 1140. The van der Waals surface area contributed by atoms with Crippen molar-refractivity contribution in [2.24, 2.45) is 5.73 Å². The van der Waals surface area contributed by atoms with Gasteiger partial charge in [0, 0.05) is 45.4 Å². The van der Waals surface area contributed by atoms with Crippen molar-refractivity contribution in [1.29, 1.82) is 10.8 Å². The number of ether oxygens (including phenoxy) is 1. The molecule has 2 aromatic rings. The summed E-state index contributed by atoms with van der Waals surface area (Å²) in [4.78, 5) is 4.29. The van der Waals surface area contributed by atoms with Gasteiger partial charge in [-0.25, -0.2) is 8.42 Å². The van der Waals surface area contributed by atoms with Gasteiger partial charge in [-0.3, -0.25) is 10.8 Å². The fraction of sp³-hybridized carbons (Fsp3) is 0.417. The Morgan fingerprint density at radius 3 is 2.30 bits per heavy atom. The number of guanidine groups is 1. The third-order valence-electron chi connectivity index (χ3n) is 6.44. The van der Waals surface area contributed by atoms with E-state index < -0.39 is 9.84 Å². The van der Waals surface area contributed by atoms with Gasteiger partial charge in [-0.2, -0.15) is 0 Å². The number of rotatable bonds is 5. The highest BCUT2D eigenvalue weighted by Gasteiger charge is 2.24. The van der Waals surface area contributed by atoms with Crippen molar-refractivity contribution in [3.8, 4) is 5.75 Å². The average Bonchev–Trinajstić information content (AvgIpc) is 2.83. The summed E-state index contributed by atoms with van der Waals surface area (Å²) in [5.74, 6) is 1.32. The molecule has 4 N–H and O–H groups in total. The van der Waals surface area contributed by atoms with Gasteiger partial charge in [0.2, 0.25) is 9.84 Å². The summed E-state index contributed by atoms with van der Waals surface area (Å²) in [6.45, 7) is 4.71. The summed E-state index contributed by atoms with van der Waals surface area (Å²) in [5, 5.41) is 15.6. The van der Waals surface area contributed by atoms with Crippen molar-refractivity contribution in [2.75, 3.05) is 19.6 Å². The monoisotopic (exact) mass is 469 g/mol. The van der Waals surface area contributed by atoms with E-state index in [2.05, 4.69) is 4.90 Å². The molecule has 176 valence electrons. The first kappa shape index (κ1) is 23.1. The minimum atomic E-state index is -3.67. The van der Waals surface area contributed by atoms with Gasteiger partial charge >= 0.3 is 0 Å². The fourth-order valence-electron chi connectivity index (χ4n) is 4.40. The lowest BCUT2D eigenvalue weighted by molar-refractivity contribution is 0.130. The number of piperidine rings is 1. The van der Waals surface area contributed by atoms with E-state index in [1.807, 2.05) is 13.0 Å². The van der Waals surface area contributed by atoms with Gasteiger partial charge in [-0.15, -0.1) is 0 Å². The van der Waals surface area contributed by atoms with Gasteiger partial charge in [0.15, 0.2) is 5.96 Å². The molecule has 0 bridgehead atoms. The van der Waals surface area contributed by atoms with Crippen molar-refractivity contribution in [1.82, 2.24) is 9.80 Å². The number of amidine groups is 1. The molecule has 2 aliphatic heterocycles. The summed E-state index contributed by atoms with van der Waals surface area (Å²) in [7, 11) is -3.67. The average molecular weight is 470 g/mol. The zero-order valence-corrected chi connectivity index (χ0v) is 19.7. The second kappa shape index (κ2) is 9.43. The molecule has 1 fully saturated rings. The van der Waals surface area contributed by atoms with Crippen LogP contribution in [-0.4, -0.2) is 55.8 Å². The number of sulfone groups is 1. The first-order valence-corrected chi connectivity index (χ1v) is 12.8. The molecular weight excluding hydrogens is 438 g/mol. The highest BCUT2D eigenvalue weighted by molar-refractivity contribution is 7.91. The van der Waals surface area contributed by atoms with Crippen LogP contribution >= 0.6 is 0 Å². The molecule has 0 saturated carbocycles. The summed E-state index contributed by atoms with van der Waals surface area (Å²) < 4.78 is 32.5. The van der Waals surface area contributed by atoms with Crippen LogP contribution in [0.2, 0.25) is 0 Å². The Morgan fingerprint density at radius 1 is 1.00 bits per heavy atom. The van der Waals surface area contributed by atoms with Gasteiger partial charge in [0.1, 0.15) is 11.9 Å². The summed E-state index contributed by atoms with van der Waals surface area (Å²) in [6.07, 6.45) is 3.22. The molecule has 0 aromatic heterocycles. The first-order chi connectivity index (χ1) is 15.8. The third-order valence-corrected chi connectivity index (χ3v) is 8.20.